The first kappa shape index (κ1) is 20.0. The minimum atomic E-state index is -1.67. The Morgan fingerprint density at radius 2 is 2.27 bits per heavy atom. The molecule has 2 rings (SSSR count). The van der Waals surface area contributed by atoms with Crippen LogP contribution < -0.4 is 15.9 Å². The lowest BCUT2D eigenvalue weighted by Gasteiger charge is -2.05. The summed E-state index contributed by atoms with van der Waals surface area (Å²) in [5, 5.41) is 24.9. The van der Waals surface area contributed by atoms with E-state index in [0.717, 1.165) is 5.56 Å². The predicted octanol–water partition coefficient (Wildman–Crippen LogP) is 0.266. The van der Waals surface area contributed by atoms with E-state index in [1.54, 1.807) is 6.07 Å². The average molecular weight is 398 g/mol. The third-order valence-corrected chi connectivity index (χ3v) is 4.46. The number of thioether (sulfide) groups is 1. The van der Waals surface area contributed by atoms with Gasteiger partial charge in [-0.25, -0.2) is 13.8 Å². The SMILES string of the molecule is Cc1cccc(N=C(NO)c2nonc2SCCNC(=O)CS(N)=O)c1. The second kappa shape index (κ2) is 10.0. The summed E-state index contributed by atoms with van der Waals surface area (Å²) in [6.07, 6.45) is 0. The number of aliphatic imine (C=N–C) groups is 1. The highest BCUT2D eigenvalue weighted by atomic mass is 32.2. The fourth-order valence-electron chi connectivity index (χ4n) is 1.90. The molecule has 12 heteroatoms. The van der Waals surface area contributed by atoms with Gasteiger partial charge in [-0.05, 0) is 34.9 Å². The molecule has 0 saturated carbocycles. The van der Waals surface area contributed by atoms with Crippen LogP contribution in [-0.4, -0.2) is 49.5 Å². The van der Waals surface area contributed by atoms with Gasteiger partial charge < -0.3 is 5.32 Å². The van der Waals surface area contributed by atoms with Crippen molar-refractivity contribution in [2.75, 3.05) is 18.1 Å². The molecule has 0 bridgehead atoms. The molecule has 1 aromatic heterocycles. The Kier molecular flexibility index (Phi) is 7.72. The van der Waals surface area contributed by atoms with E-state index < -0.39 is 16.9 Å². The van der Waals surface area contributed by atoms with Crippen LogP contribution in [0.5, 0.6) is 0 Å². The van der Waals surface area contributed by atoms with E-state index in [1.807, 2.05) is 30.6 Å². The van der Waals surface area contributed by atoms with E-state index in [-0.39, 0.29) is 17.3 Å². The van der Waals surface area contributed by atoms with Crippen molar-refractivity contribution < 1.29 is 18.8 Å². The number of nitrogens with two attached hydrogens (primary N) is 1. The van der Waals surface area contributed by atoms with Crippen LogP contribution in [0.15, 0.2) is 38.9 Å². The van der Waals surface area contributed by atoms with Crippen LogP contribution in [-0.2, 0) is 15.8 Å². The lowest BCUT2D eigenvalue weighted by Crippen LogP contribution is -2.31. The molecule has 140 valence electrons. The average Bonchev–Trinajstić information content (AvgIpc) is 3.04. The summed E-state index contributed by atoms with van der Waals surface area (Å²) in [6, 6.07) is 7.39. The largest absolute Gasteiger partial charge is 0.354 e. The summed E-state index contributed by atoms with van der Waals surface area (Å²) < 4.78 is 15.5. The van der Waals surface area contributed by atoms with Crippen LogP contribution in [0, 0.1) is 6.92 Å². The van der Waals surface area contributed by atoms with Crippen molar-refractivity contribution in [3.63, 3.8) is 0 Å². The molecule has 0 aliphatic rings. The third-order valence-electron chi connectivity index (χ3n) is 2.97. The van der Waals surface area contributed by atoms with Gasteiger partial charge in [0.25, 0.3) is 0 Å². The molecule has 5 N–H and O–H groups in total. The highest BCUT2D eigenvalue weighted by molar-refractivity contribution is 7.99. The lowest BCUT2D eigenvalue weighted by molar-refractivity contribution is -0.118. The van der Waals surface area contributed by atoms with Crippen molar-refractivity contribution in [3.05, 3.63) is 35.5 Å². The quantitative estimate of drug-likeness (QED) is 0.162. The monoisotopic (exact) mass is 398 g/mol. The fraction of sp³-hybridized carbons (Fsp3) is 0.286. The normalized spacial score (nSPS) is 12.7. The zero-order chi connectivity index (χ0) is 18.9. The topological polar surface area (TPSA) is 156 Å². The van der Waals surface area contributed by atoms with Crippen molar-refractivity contribution in [3.8, 4) is 0 Å². The van der Waals surface area contributed by atoms with Gasteiger partial charge in [-0.3, -0.25) is 20.6 Å². The summed E-state index contributed by atoms with van der Waals surface area (Å²) in [4.78, 5) is 15.7. The molecule has 1 unspecified atom stereocenters. The zero-order valence-corrected chi connectivity index (χ0v) is 15.5. The smallest absolute Gasteiger partial charge is 0.234 e. The number of benzene rings is 1. The molecular weight excluding hydrogens is 380 g/mol. The first-order valence-corrected chi connectivity index (χ1v) is 9.77. The van der Waals surface area contributed by atoms with Gasteiger partial charge in [0.15, 0.2) is 16.6 Å². The first-order chi connectivity index (χ1) is 12.5. The maximum Gasteiger partial charge on any atom is 0.234 e. The number of hydroxylamine groups is 1. The Hall–Kier alpha value is -2.28. The van der Waals surface area contributed by atoms with Gasteiger partial charge >= 0.3 is 0 Å². The van der Waals surface area contributed by atoms with Crippen LogP contribution in [0.25, 0.3) is 0 Å². The van der Waals surface area contributed by atoms with Crippen LogP contribution in [0.3, 0.4) is 0 Å². The Morgan fingerprint density at radius 1 is 1.46 bits per heavy atom. The van der Waals surface area contributed by atoms with Gasteiger partial charge in [-0.15, -0.1) is 0 Å². The number of carbonyl (C=O) groups excluding carboxylic acids is 1. The molecule has 10 nitrogen and oxygen atoms in total. The van der Waals surface area contributed by atoms with Crippen molar-refractivity contribution in [2.24, 2.45) is 10.1 Å². The molecular formula is C14H18N6O4S2. The van der Waals surface area contributed by atoms with Crippen molar-refractivity contribution >= 4 is 40.2 Å². The van der Waals surface area contributed by atoms with E-state index in [4.69, 9.17) is 9.77 Å². The predicted molar refractivity (Wildman–Crippen MR) is 97.5 cm³/mol. The van der Waals surface area contributed by atoms with Crippen LogP contribution in [0.4, 0.5) is 5.69 Å². The molecule has 0 aliphatic carbocycles. The van der Waals surface area contributed by atoms with Crippen molar-refractivity contribution in [1.82, 2.24) is 21.1 Å². The Labute approximate surface area is 156 Å². The van der Waals surface area contributed by atoms with E-state index in [2.05, 4.69) is 20.6 Å². The molecule has 1 aromatic carbocycles. The number of amidine groups is 1. The molecule has 0 fully saturated rings. The first-order valence-electron chi connectivity index (χ1n) is 7.40. The van der Waals surface area contributed by atoms with Crippen LogP contribution in [0.1, 0.15) is 11.3 Å². The number of nitrogens with one attached hydrogen (secondary N) is 2. The highest BCUT2D eigenvalue weighted by Crippen LogP contribution is 2.21. The molecule has 26 heavy (non-hydrogen) atoms. The van der Waals surface area contributed by atoms with Crippen LogP contribution in [0.2, 0.25) is 0 Å². The molecule has 0 saturated heterocycles. The number of nitrogens with zero attached hydrogens (tertiary/aromatic N) is 3. The maximum absolute atomic E-state index is 11.4. The summed E-state index contributed by atoms with van der Waals surface area (Å²) in [7, 11) is -1.67. The minimum Gasteiger partial charge on any atom is -0.354 e. The van der Waals surface area contributed by atoms with Gasteiger partial charge in [0.1, 0.15) is 5.75 Å². The number of aromatic nitrogens is 2. The Balaban J connectivity index is 2.00. The van der Waals surface area contributed by atoms with Crippen LogP contribution >= 0.6 is 11.8 Å². The summed E-state index contributed by atoms with van der Waals surface area (Å²) in [5.74, 6) is -0.109. The Bertz CT molecular complexity index is 810. The standard InChI is InChI=1S/C14H18N6O4S2/c1-9-3-2-4-10(7-9)17-13(18-22)12-14(20-24-19-12)25-6-5-16-11(21)8-26(15)23/h2-4,7,22H,5-6,8,15H2,1H3,(H,16,21)(H,17,18). The highest BCUT2D eigenvalue weighted by Gasteiger charge is 2.17. The third kappa shape index (κ3) is 6.22. The molecule has 0 spiro atoms. The number of aryl methyl sites for hydroxylation is 1. The van der Waals surface area contributed by atoms with E-state index in [1.165, 1.54) is 11.8 Å². The van der Waals surface area contributed by atoms with E-state index in [0.29, 0.717) is 23.0 Å². The van der Waals surface area contributed by atoms with Gasteiger partial charge in [0.2, 0.25) is 5.91 Å². The van der Waals surface area contributed by atoms with E-state index in [9.17, 15) is 14.2 Å². The van der Waals surface area contributed by atoms with Crippen molar-refractivity contribution in [2.45, 2.75) is 11.9 Å². The Morgan fingerprint density at radius 3 is 2.96 bits per heavy atom. The fourth-order valence-corrected chi connectivity index (χ4v) is 3.01. The van der Waals surface area contributed by atoms with Crippen molar-refractivity contribution in [1.29, 1.82) is 0 Å². The van der Waals surface area contributed by atoms with Gasteiger partial charge in [-0.2, -0.15) is 0 Å². The molecule has 2 aromatic rings. The summed E-state index contributed by atoms with van der Waals surface area (Å²) in [5.41, 5.74) is 3.89. The zero-order valence-electron chi connectivity index (χ0n) is 13.8. The summed E-state index contributed by atoms with van der Waals surface area (Å²) >= 11 is 1.25. The number of amides is 1. The number of hydrogen-bond acceptors (Lipinski definition) is 8. The van der Waals surface area contributed by atoms with Gasteiger partial charge in [0.05, 0.1) is 16.7 Å². The molecule has 1 amide bonds. The van der Waals surface area contributed by atoms with E-state index >= 15 is 0 Å². The molecule has 0 radical (unpaired) electrons. The molecule has 1 atom stereocenters. The van der Waals surface area contributed by atoms with Gasteiger partial charge in [-0.1, -0.05) is 23.9 Å². The molecule has 1 heterocycles. The number of carbonyl (C=O) groups is 1. The second-order valence-electron chi connectivity index (χ2n) is 5.05. The summed E-state index contributed by atoms with van der Waals surface area (Å²) in [6.45, 7) is 2.24. The second-order valence-corrected chi connectivity index (χ2v) is 7.19. The number of hydrogen-bond donors (Lipinski definition) is 4. The minimum absolute atomic E-state index is 0.0851. The van der Waals surface area contributed by atoms with Gasteiger partial charge in [0, 0.05) is 12.3 Å². The molecule has 0 aliphatic heterocycles. The number of rotatable bonds is 8. The lowest BCUT2D eigenvalue weighted by atomic mass is 10.2. The maximum atomic E-state index is 11.4.